The third-order valence-corrected chi connectivity index (χ3v) is 2.00. The van der Waals surface area contributed by atoms with Gasteiger partial charge in [0.1, 0.15) is 0 Å². The van der Waals surface area contributed by atoms with Crippen molar-refractivity contribution in [3.05, 3.63) is 35.4 Å². The Labute approximate surface area is 91.1 Å². The van der Waals surface area contributed by atoms with E-state index in [1.807, 2.05) is 0 Å². The molecule has 0 aromatic heterocycles. The van der Waals surface area contributed by atoms with Crippen LogP contribution in [0.15, 0.2) is 24.3 Å². The molecule has 1 aromatic carbocycles. The van der Waals surface area contributed by atoms with Crippen LogP contribution in [0.25, 0.3) is 0 Å². The highest BCUT2D eigenvalue weighted by Gasteiger charge is 1.94. The van der Waals surface area contributed by atoms with Crippen LogP contribution in [0.5, 0.6) is 0 Å². The van der Waals surface area contributed by atoms with E-state index in [1.54, 1.807) is 0 Å². The summed E-state index contributed by atoms with van der Waals surface area (Å²) in [5, 5.41) is 10.3. The number of carboxylic acid groups (broad SMARTS) is 1. The molecule has 0 radical (unpaired) electrons. The van der Waals surface area contributed by atoms with E-state index >= 15 is 0 Å². The molecule has 3 nitrogen and oxygen atoms in total. The second kappa shape index (κ2) is 9.21. The van der Waals surface area contributed by atoms with Gasteiger partial charge in [-0.2, -0.15) is 0 Å². The van der Waals surface area contributed by atoms with Gasteiger partial charge in [0.15, 0.2) is 0 Å². The molecule has 0 fully saturated rings. The van der Waals surface area contributed by atoms with Crippen LogP contribution in [-0.4, -0.2) is 18.1 Å². The fourth-order valence-corrected chi connectivity index (χ4v) is 1.21. The summed E-state index contributed by atoms with van der Waals surface area (Å²) in [5.74, 6) is 0. The van der Waals surface area contributed by atoms with Gasteiger partial charge in [-0.1, -0.05) is 31.2 Å². The summed E-state index contributed by atoms with van der Waals surface area (Å²) in [6.07, 6.45) is 1.20. The summed E-state index contributed by atoms with van der Waals surface area (Å²) >= 11 is 0. The van der Waals surface area contributed by atoms with Crippen LogP contribution in [0.3, 0.4) is 0 Å². The summed E-state index contributed by atoms with van der Waals surface area (Å²) in [6, 6.07) is 8.51. The molecule has 1 aromatic rings. The van der Waals surface area contributed by atoms with Gasteiger partial charge in [-0.05, 0) is 31.0 Å². The zero-order valence-electron chi connectivity index (χ0n) is 9.36. The number of benzene rings is 1. The average Bonchev–Trinajstić information content (AvgIpc) is 2.22. The molecule has 0 aliphatic heterocycles. The molecule has 2 N–H and O–H groups in total. The molecule has 0 unspecified atom stereocenters. The second-order valence-electron chi connectivity index (χ2n) is 3.21. The molecular formula is C12H19NO2. The molecule has 84 valence electrons. The smallest absolute Gasteiger partial charge is 0.290 e. The first kappa shape index (κ1) is 13.7. The zero-order valence-corrected chi connectivity index (χ0v) is 9.36. The quantitative estimate of drug-likeness (QED) is 0.590. The fraction of sp³-hybridized carbons (Fsp3) is 0.417. The van der Waals surface area contributed by atoms with Gasteiger partial charge in [0.25, 0.3) is 6.47 Å². The lowest BCUT2D eigenvalue weighted by molar-refractivity contribution is -0.122. The van der Waals surface area contributed by atoms with Gasteiger partial charge in [-0.15, -0.1) is 0 Å². The molecule has 0 spiro atoms. The zero-order chi connectivity index (χ0) is 11.5. The standard InChI is InChI=1S/C11H17N.CH2O2/c1-3-8-12-9-11-7-5-4-6-10(11)2;2-1-3/h4-7,12H,3,8-9H2,1-2H3;1H,(H,2,3). The lowest BCUT2D eigenvalue weighted by Gasteiger charge is -2.05. The van der Waals surface area contributed by atoms with Crippen molar-refractivity contribution in [2.45, 2.75) is 26.8 Å². The lowest BCUT2D eigenvalue weighted by atomic mass is 10.1. The monoisotopic (exact) mass is 209 g/mol. The van der Waals surface area contributed by atoms with Crippen molar-refractivity contribution < 1.29 is 9.90 Å². The van der Waals surface area contributed by atoms with Crippen LogP contribution in [0, 0.1) is 6.92 Å². The van der Waals surface area contributed by atoms with E-state index in [0.29, 0.717) is 0 Å². The van der Waals surface area contributed by atoms with Crippen molar-refractivity contribution >= 4 is 6.47 Å². The normalized spacial score (nSPS) is 8.93. The van der Waals surface area contributed by atoms with E-state index in [-0.39, 0.29) is 6.47 Å². The summed E-state index contributed by atoms with van der Waals surface area (Å²) in [7, 11) is 0. The molecule has 15 heavy (non-hydrogen) atoms. The first-order valence-corrected chi connectivity index (χ1v) is 5.09. The molecule has 0 atom stereocenters. The molecule has 0 saturated carbocycles. The first-order chi connectivity index (χ1) is 7.26. The van der Waals surface area contributed by atoms with Crippen molar-refractivity contribution in [1.29, 1.82) is 0 Å². The Kier molecular flexibility index (Phi) is 8.39. The maximum atomic E-state index is 8.36. The maximum Gasteiger partial charge on any atom is 0.290 e. The first-order valence-electron chi connectivity index (χ1n) is 5.09. The van der Waals surface area contributed by atoms with E-state index in [1.165, 1.54) is 17.5 Å². The average molecular weight is 209 g/mol. The van der Waals surface area contributed by atoms with Gasteiger partial charge in [0.05, 0.1) is 0 Å². The Bertz CT molecular complexity index is 274. The highest BCUT2D eigenvalue weighted by Crippen LogP contribution is 2.05. The summed E-state index contributed by atoms with van der Waals surface area (Å²) in [5.41, 5.74) is 2.78. The van der Waals surface area contributed by atoms with Crippen LogP contribution in [0.4, 0.5) is 0 Å². The van der Waals surface area contributed by atoms with Crippen molar-refractivity contribution in [2.75, 3.05) is 6.54 Å². The molecule has 0 aliphatic rings. The number of nitrogens with one attached hydrogen (secondary N) is 1. The van der Waals surface area contributed by atoms with Gasteiger partial charge >= 0.3 is 0 Å². The fourth-order valence-electron chi connectivity index (χ4n) is 1.21. The number of hydrogen-bond acceptors (Lipinski definition) is 2. The van der Waals surface area contributed by atoms with Gasteiger partial charge in [0, 0.05) is 6.54 Å². The molecule has 0 aliphatic carbocycles. The van der Waals surface area contributed by atoms with Crippen LogP contribution in [0.1, 0.15) is 24.5 Å². The molecule has 0 amide bonds. The molecule has 0 bridgehead atoms. The second-order valence-corrected chi connectivity index (χ2v) is 3.21. The van der Waals surface area contributed by atoms with Crippen molar-refractivity contribution in [2.24, 2.45) is 0 Å². The molecule has 0 saturated heterocycles. The summed E-state index contributed by atoms with van der Waals surface area (Å²) in [4.78, 5) is 8.36. The number of rotatable bonds is 4. The highest BCUT2D eigenvalue weighted by atomic mass is 16.3. The number of hydrogen-bond donors (Lipinski definition) is 2. The van der Waals surface area contributed by atoms with Crippen molar-refractivity contribution in [3.8, 4) is 0 Å². The van der Waals surface area contributed by atoms with Gasteiger partial charge in [0.2, 0.25) is 0 Å². The van der Waals surface area contributed by atoms with Gasteiger partial charge < -0.3 is 10.4 Å². The third-order valence-electron chi connectivity index (χ3n) is 2.00. The van der Waals surface area contributed by atoms with E-state index in [2.05, 4.69) is 43.4 Å². The van der Waals surface area contributed by atoms with E-state index in [9.17, 15) is 0 Å². The summed E-state index contributed by atoms with van der Waals surface area (Å²) in [6.45, 7) is 6.20. The Morgan fingerprint density at radius 2 is 2.00 bits per heavy atom. The van der Waals surface area contributed by atoms with Crippen LogP contribution < -0.4 is 5.32 Å². The molecule has 0 heterocycles. The Morgan fingerprint density at radius 3 is 2.53 bits per heavy atom. The van der Waals surface area contributed by atoms with Gasteiger partial charge in [-0.25, -0.2) is 0 Å². The Hall–Kier alpha value is -1.35. The predicted octanol–water partition coefficient (Wildman–Crippen LogP) is 2.20. The number of carbonyl (C=O) groups is 1. The molecular weight excluding hydrogens is 190 g/mol. The topological polar surface area (TPSA) is 49.3 Å². The SMILES string of the molecule is CCCNCc1ccccc1C.O=CO. The summed E-state index contributed by atoms with van der Waals surface area (Å²) < 4.78 is 0. The van der Waals surface area contributed by atoms with E-state index in [4.69, 9.17) is 9.90 Å². The van der Waals surface area contributed by atoms with E-state index < -0.39 is 0 Å². The van der Waals surface area contributed by atoms with Crippen LogP contribution in [-0.2, 0) is 11.3 Å². The van der Waals surface area contributed by atoms with Crippen LogP contribution in [0.2, 0.25) is 0 Å². The molecule has 1 rings (SSSR count). The van der Waals surface area contributed by atoms with Gasteiger partial charge in [-0.3, -0.25) is 4.79 Å². The van der Waals surface area contributed by atoms with E-state index in [0.717, 1.165) is 13.1 Å². The minimum Gasteiger partial charge on any atom is -0.483 e. The minimum absolute atomic E-state index is 0.250. The van der Waals surface area contributed by atoms with Crippen molar-refractivity contribution in [3.63, 3.8) is 0 Å². The minimum atomic E-state index is -0.250. The Balaban J connectivity index is 0.000000583. The predicted molar refractivity (Wildman–Crippen MR) is 61.9 cm³/mol. The third kappa shape index (κ3) is 6.69. The Morgan fingerprint density at radius 1 is 1.40 bits per heavy atom. The molecule has 3 heteroatoms. The maximum absolute atomic E-state index is 8.36. The lowest BCUT2D eigenvalue weighted by Crippen LogP contribution is -2.14. The number of aryl methyl sites for hydroxylation is 1. The largest absolute Gasteiger partial charge is 0.483 e. The van der Waals surface area contributed by atoms with Crippen LogP contribution >= 0.6 is 0 Å². The van der Waals surface area contributed by atoms with Crippen molar-refractivity contribution in [1.82, 2.24) is 5.32 Å². The highest BCUT2D eigenvalue weighted by molar-refractivity contribution is 5.32.